The molecule has 2 aromatic carbocycles. The van der Waals surface area contributed by atoms with Gasteiger partial charge in [-0.25, -0.2) is 0 Å². The number of ketones is 1. The van der Waals surface area contributed by atoms with Gasteiger partial charge in [0, 0.05) is 43.3 Å². The van der Waals surface area contributed by atoms with Crippen molar-refractivity contribution >= 4 is 16.8 Å². The molecule has 4 rings (SSSR count). The number of pyridine rings is 1. The minimum Gasteiger partial charge on any atom is -0.512 e. The number of benzene rings is 2. The molecule has 0 atom stereocenters. The van der Waals surface area contributed by atoms with E-state index in [2.05, 4.69) is 103 Å². The van der Waals surface area contributed by atoms with Gasteiger partial charge in [0.2, 0.25) is 0 Å². The summed E-state index contributed by atoms with van der Waals surface area (Å²) in [6.45, 7) is 20.6. The van der Waals surface area contributed by atoms with Gasteiger partial charge >= 0.3 is 0 Å². The van der Waals surface area contributed by atoms with Crippen molar-refractivity contribution in [3.05, 3.63) is 88.8 Å². The van der Waals surface area contributed by atoms with Crippen molar-refractivity contribution in [2.24, 2.45) is 0 Å². The number of hydrogen-bond acceptors (Lipinski definition) is 4. The third kappa shape index (κ3) is 8.74. The molecule has 209 valence electrons. The molecule has 39 heavy (non-hydrogen) atoms. The number of hydrogen-bond donors (Lipinski definition) is 1. The summed E-state index contributed by atoms with van der Waals surface area (Å²) in [4.78, 5) is 14.7. The number of nitrogens with zero attached hydrogens (tertiary/aromatic N) is 1. The van der Waals surface area contributed by atoms with E-state index in [1.807, 2.05) is 12.3 Å². The molecule has 1 N–H and O–H groups in total. The molecular weight excluding hydrogens is 663 g/mol. The maximum atomic E-state index is 10.0. The van der Waals surface area contributed by atoms with Crippen molar-refractivity contribution in [3.63, 3.8) is 0 Å². The molecule has 5 heteroatoms. The molecule has 0 aliphatic rings. The second kappa shape index (κ2) is 12.4. The predicted octanol–water partition coefficient (Wildman–Crippen LogP) is 9.21. The van der Waals surface area contributed by atoms with Crippen LogP contribution in [-0.4, -0.2) is 15.9 Å². The molecule has 0 saturated carbocycles. The van der Waals surface area contributed by atoms with Gasteiger partial charge in [-0.15, -0.1) is 34.9 Å². The average molecular weight is 703 g/mol. The summed E-state index contributed by atoms with van der Waals surface area (Å²) < 4.78 is 6.36. The number of allylic oxidation sites excluding steroid dienone is 2. The minimum absolute atomic E-state index is 0. The van der Waals surface area contributed by atoms with Crippen molar-refractivity contribution in [1.82, 2.24) is 4.98 Å². The zero-order valence-electron chi connectivity index (χ0n) is 24.7. The largest absolute Gasteiger partial charge is 0.512 e. The quantitative estimate of drug-likeness (QED) is 0.131. The first-order chi connectivity index (χ1) is 17.5. The van der Waals surface area contributed by atoms with Gasteiger partial charge in [-0.3, -0.25) is 4.79 Å². The van der Waals surface area contributed by atoms with Gasteiger partial charge in [-0.1, -0.05) is 61.5 Å². The van der Waals surface area contributed by atoms with E-state index in [1.165, 1.54) is 36.6 Å². The van der Waals surface area contributed by atoms with Crippen LogP contribution in [0.2, 0.25) is 0 Å². The van der Waals surface area contributed by atoms with Crippen molar-refractivity contribution in [2.75, 3.05) is 0 Å². The number of aromatic nitrogens is 1. The molecule has 0 amide bonds. The van der Waals surface area contributed by atoms with E-state index in [0.717, 1.165) is 39.1 Å². The molecule has 0 bridgehead atoms. The molecule has 0 saturated heterocycles. The number of carbonyl (C=O) groups excluding carboxylic acids is 1. The van der Waals surface area contributed by atoms with Crippen LogP contribution in [0.25, 0.3) is 33.6 Å². The summed E-state index contributed by atoms with van der Waals surface area (Å²) in [6, 6.07) is 18.7. The predicted molar refractivity (Wildman–Crippen MR) is 158 cm³/mol. The van der Waals surface area contributed by atoms with Gasteiger partial charge in [0.1, 0.15) is 11.3 Å². The molecule has 4 nitrogen and oxygen atoms in total. The van der Waals surface area contributed by atoms with Crippen LogP contribution in [0.5, 0.6) is 0 Å². The van der Waals surface area contributed by atoms with Crippen molar-refractivity contribution < 1.29 is 34.4 Å². The van der Waals surface area contributed by atoms with E-state index in [0.29, 0.717) is 0 Å². The van der Waals surface area contributed by atoms with Gasteiger partial charge in [-0.2, -0.15) is 0 Å². The molecule has 0 aliphatic heterocycles. The number of carbonyl (C=O) groups is 1. The first kappa shape index (κ1) is 32.2. The fourth-order valence-corrected chi connectivity index (χ4v) is 4.19. The molecule has 4 aromatic rings. The van der Waals surface area contributed by atoms with Crippen LogP contribution >= 0.6 is 0 Å². The first-order valence-electron chi connectivity index (χ1n) is 13.0. The third-order valence-electron chi connectivity index (χ3n) is 6.19. The number of fused-ring (bicyclic) bond motifs is 1. The smallest absolute Gasteiger partial charge is 0.155 e. The number of aryl methyl sites for hydroxylation is 2. The van der Waals surface area contributed by atoms with E-state index in [1.54, 1.807) is 0 Å². The fourth-order valence-electron chi connectivity index (χ4n) is 4.19. The van der Waals surface area contributed by atoms with Crippen LogP contribution in [0.1, 0.15) is 77.6 Å². The van der Waals surface area contributed by atoms with Gasteiger partial charge in [0.05, 0.1) is 5.76 Å². The molecule has 1 radical (unpaired) electrons. The zero-order valence-corrected chi connectivity index (χ0v) is 27.1. The molecule has 2 heterocycles. The number of aliphatic hydroxyl groups is 1. The van der Waals surface area contributed by atoms with Gasteiger partial charge < -0.3 is 14.5 Å². The summed E-state index contributed by atoms with van der Waals surface area (Å²) in [6.07, 6.45) is 3.07. The second-order valence-corrected chi connectivity index (χ2v) is 12.2. The Balaban J connectivity index is 0.000000592. The van der Waals surface area contributed by atoms with Crippen LogP contribution in [0.3, 0.4) is 0 Å². The Kier molecular flexibility index (Phi) is 10.3. The Hall–Kier alpha value is -3.01. The molecule has 0 aliphatic carbocycles. The number of furan rings is 1. The Bertz CT molecular complexity index is 1440. The topological polar surface area (TPSA) is 63.3 Å². The van der Waals surface area contributed by atoms with Gasteiger partial charge in [-0.05, 0) is 65.8 Å². The maximum Gasteiger partial charge on any atom is 0.155 e. The van der Waals surface area contributed by atoms with E-state index < -0.39 is 0 Å². The third-order valence-corrected chi connectivity index (χ3v) is 6.19. The summed E-state index contributed by atoms with van der Waals surface area (Å²) >= 11 is 0. The zero-order chi connectivity index (χ0) is 28.4. The number of aliphatic hydroxyl groups excluding tert-OH is 1. The standard InChI is InChI=1S/C29H32NO.C5H8O2.Ir/c1-18-9-19(2)11-20(10-18)25-16-27-22(17-30-25)14-26(31-27)21-12-23(28(3,4)5)15-24(13-21)29(6,7)8;1-4(6)3-5(2)7;/h9-10,12-17H,1-8H3;3,6H,1-2H3;/q-1;;/b;4-3-;. The van der Waals surface area contributed by atoms with E-state index in [9.17, 15) is 4.79 Å². The Labute approximate surface area is 246 Å². The summed E-state index contributed by atoms with van der Waals surface area (Å²) in [5.41, 5.74) is 8.96. The summed E-state index contributed by atoms with van der Waals surface area (Å²) in [5.74, 6) is 0.822. The second-order valence-electron chi connectivity index (χ2n) is 12.2. The first-order valence-corrected chi connectivity index (χ1v) is 13.0. The Morgan fingerprint density at radius 3 is 1.95 bits per heavy atom. The molecule has 0 fully saturated rings. The minimum atomic E-state index is -0.125. The van der Waals surface area contributed by atoms with Crippen molar-refractivity contribution in [2.45, 2.75) is 80.1 Å². The van der Waals surface area contributed by atoms with Crippen LogP contribution in [0.4, 0.5) is 0 Å². The molecular formula is C34H40IrNO3-. The van der Waals surface area contributed by atoms with E-state index in [-0.39, 0.29) is 42.5 Å². The van der Waals surface area contributed by atoms with Crippen LogP contribution in [0, 0.1) is 19.9 Å². The van der Waals surface area contributed by atoms with Crippen LogP contribution in [0.15, 0.2) is 64.9 Å². The Morgan fingerprint density at radius 2 is 1.49 bits per heavy atom. The Morgan fingerprint density at radius 1 is 0.897 bits per heavy atom. The SMILES string of the molecule is CC(=O)/C=C(/C)O.Cc1[c-]c(-c2cc3oc(-c4cc(C(C)(C)C)cc(C(C)(C)C)c4)cc3cn2)cc(C)c1.[Ir]. The van der Waals surface area contributed by atoms with Gasteiger partial charge in [0.25, 0.3) is 0 Å². The van der Waals surface area contributed by atoms with Crippen molar-refractivity contribution in [1.29, 1.82) is 0 Å². The van der Waals surface area contributed by atoms with Gasteiger partial charge in [0.15, 0.2) is 5.78 Å². The monoisotopic (exact) mass is 703 g/mol. The molecule has 2 aromatic heterocycles. The van der Waals surface area contributed by atoms with E-state index >= 15 is 0 Å². The van der Waals surface area contributed by atoms with Crippen LogP contribution < -0.4 is 0 Å². The maximum absolute atomic E-state index is 10.0. The molecule has 0 spiro atoms. The molecule has 0 unspecified atom stereocenters. The number of rotatable bonds is 3. The van der Waals surface area contributed by atoms with E-state index in [4.69, 9.17) is 9.52 Å². The summed E-state index contributed by atoms with van der Waals surface area (Å²) in [5, 5.41) is 9.38. The van der Waals surface area contributed by atoms with Crippen molar-refractivity contribution in [3.8, 4) is 22.6 Å². The summed E-state index contributed by atoms with van der Waals surface area (Å²) in [7, 11) is 0. The normalized spacial score (nSPS) is 12.0. The fraction of sp³-hybridized carbons (Fsp3) is 0.353. The van der Waals surface area contributed by atoms with Crippen LogP contribution in [-0.2, 0) is 35.7 Å². The average Bonchev–Trinajstić information content (AvgIpc) is 3.20.